The van der Waals surface area contributed by atoms with E-state index in [0.717, 1.165) is 38.5 Å². The van der Waals surface area contributed by atoms with Crippen molar-refractivity contribution < 1.29 is 9.59 Å². The quantitative estimate of drug-likeness (QED) is 0.888. The minimum Gasteiger partial charge on any atom is -0.325 e. The molecule has 1 amide bonds. The molecule has 3 aliphatic rings. The van der Waals surface area contributed by atoms with Crippen LogP contribution in [0.1, 0.15) is 43.2 Å². The molecular formula is C22H27N3O2. The Hall–Kier alpha value is -2.19. The van der Waals surface area contributed by atoms with E-state index in [1.165, 1.54) is 11.1 Å². The molecule has 2 fully saturated rings. The van der Waals surface area contributed by atoms with Gasteiger partial charge in [-0.2, -0.15) is 5.26 Å². The van der Waals surface area contributed by atoms with Gasteiger partial charge in [0.25, 0.3) is 0 Å². The smallest absolute Gasteiger partial charge is 0.241 e. The second-order valence-corrected chi connectivity index (χ2v) is 8.19. The summed E-state index contributed by atoms with van der Waals surface area (Å²) in [6.45, 7) is 1.33. The summed E-state index contributed by atoms with van der Waals surface area (Å²) in [7, 11) is 0. The number of likely N-dealkylation sites (tertiary alicyclic amines) is 1. The lowest BCUT2D eigenvalue weighted by Gasteiger charge is -2.28. The number of Topliss-reactive ketones (excluding diaryl/α,β-unsaturated/α-hetero) is 1. The normalized spacial score (nSPS) is 30.0. The van der Waals surface area contributed by atoms with Crippen LogP contribution in [0.3, 0.4) is 0 Å². The summed E-state index contributed by atoms with van der Waals surface area (Å²) in [4.78, 5) is 27.7. The lowest BCUT2D eigenvalue weighted by Crippen LogP contribution is -2.49. The highest BCUT2D eigenvalue weighted by atomic mass is 16.2. The van der Waals surface area contributed by atoms with Crippen LogP contribution in [0.15, 0.2) is 24.3 Å². The van der Waals surface area contributed by atoms with E-state index in [4.69, 9.17) is 0 Å². The molecule has 1 aromatic carbocycles. The first-order valence-corrected chi connectivity index (χ1v) is 10.2. The zero-order chi connectivity index (χ0) is 18.8. The molecule has 5 nitrogen and oxygen atoms in total. The minimum atomic E-state index is -0.442. The highest BCUT2D eigenvalue weighted by Crippen LogP contribution is 2.31. The number of aryl methyl sites for hydroxylation is 1. The van der Waals surface area contributed by atoms with Crippen molar-refractivity contribution in [3.05, 3.63) is 35.4 Å². The molecule has 27 heavy (non-hydrogen) atoms. The van der Waals surface area contributed by atoms with Gasteiger partial charge in [-0.05, 0) is 62.1 Å². The van der Waals surface area contributed by atoms with Gasteiger partial charge in [-0.25, -0.2) is 0 Å². The number of nitrogens with one attached hydrogen (secondary N) is 1. The average Bonchev–Trinajstić information content (AvgIpc) is 3.36. The first-order chi connectivity index (χ1) is 13.2. The highest BCUT2D eigenvalue weighted by molar-refractivity contribution is 5.92. The van der Waals surface area contributed by atoms with E-state index in [1.54, 1.807) is 4.90 Å². The molecule has 1 unspecified atom stereocenters. The van der Waals surface area contributed by atoms with Crippen LogP contribution >= 0.6 is 0 Å². The first-order valence-electron chi connectivity index (χ1n) is 10.2. The number of carbonyl (C=O) groups is 2. The first kappa shape index (κ1) is 18.2. The third-order valence-electron chi connectivity index (χ3n) is 6.53. The summed E-state index contributed by atoms with van der Waals surface area (Å²) in [5, 5.41) is 12.5. The van der Waals surface area contributed by atoms with Crippen LogP contribution in [0.25, 0.3) is 0 Å². The fraction of sp³-hybridized carbons (Fsp3) is 0.591. The monoisotopic (exact) mass is 365 g/mol. The largest absolute Gasteiger partial charge is 0.325 e. The second-order valence-electron chi connectivity index (χ2n) is 8.19. The Balaban J connectivity index is 1.40. The van der Waals surface area contributed by atoms with Gasteiger partial charge < -0.3 is 10.2 Å². The van der Waals surface area contributed by atoms with Crippen LogP contribution in [-0.2, 0) is 22.4 Å². The molecule has 2 aliphatic heterocycles. The second kappa shape index (κ2) is 7.82. The van der Waals surface area contributed by atoms with Crippen molar-refractivity contribution in [3.8, 4) is 6.07 Å². The van der Waals surface area contributed by atoms with Gasteiger partial charge in [0.05, 0.1) is 12.1 Å². The van der Waals surface area contributed by atoms with Gasteiger partial charge >= 0.3 is 0 Å². The van der Waals surface area contributed by atoms with Gasteiger partial charge in [-0.3, -0.25) is 9.59 Å². The molecule has 0 aromatic heterocycles. The fourth-order valence-corrected chi connectivity index (χ4v) is 5.04. The molecule has 4 rings (SSSR count). The molecular weight excluding hydrogens is 338 g/mol. The third kappa shape index (κ3) is 3.64. The topological polar surface area (TPSA) is 73.2 Å². The van der Waals surface area contributed by atoms with Crippen molar-refractivity contribution in [2.75, 3.05) is 13.1 Å². The molecule has 1 N–H and O–H groups in total. The summed E-state index contributed by atoms with van der Waals surface area (Å²) in [6, 6.07) is 9.97. The maximum atomic E-state index is 13.0. The van der Waals surface area contributed by atoms with Crippen LogP contribution < -0.4 is 5.32 Å². The van der Waals surface area contributed by atoms with Gasteiger partial charge in [0.15, 0.2) is 0 Å². The SMILES string of the molecule is N#C[C@@H]1CCCN1C(=O)[C@@H]1NCCC1C(=O)C[C@H]1CCc2ccccc2C1. The Kier molecular flexibility index (Phi) is 5.27. The van der Waals surface area contributed by atoms with Crippen molar-refractivity contribution in [1.82, 2.24) is 10.2 Å². The van der Waals surface area contributed by atoms with E-state index >= 15 is 0 Å². The van der Waals surface area contributed by atoms with Crippen molar-refractivity contribution in [1.29, 1.82) is 5.26 Å². The molecule has 2 saturated heterocycles. The third-order valence-corrected chi connectivity index (χ3v) is 6.53. The standard InChI is InChI=1S/C22H27N3O2/c23-14-18-6-3-11-25(18)22(27)21-19(9-10-24-21)20(26)13-15-7-8-16-4-1-2-5-17(16)12-15/h1-2,4-5,15,18-19,21,24H,3,6-13H2/t15-,18-,19?,21+/m0/s1. The molecule has 0 bridgehead atoms. The van der Waals surface area contributed by atoms with Crippen molar-refractivity contribution in [2.24, 2.45) is 11.8 Å². The van der Waals surface area contributed by atoms with Gasteiger partial charge in [0, 0.05) is 18.9 Å². The summed E-state index contributed by atoms with van der Waals surface area (Å²) in [5.74, 6) is 0.302. The molecule has 0 radical (unpaired) electrons. The fourth-order valence-electron chi connectivity index (χ4n) is 5.04. The lowest BCUT2D eigenvalue weighted by molar-refractivity contribution is -0.137. The summed E-state index contributed by atoms with van der Waals surface area (Å²) in [5.41, 5.74) is 2.78. The predicted octanol–water partition coefficient (Wildman–Crippen LogP) is 2.24. The molecule has 0 saturated carbocycles. The van der Waals surface area contributed by atoms with Gasteiger partial charge in [0.1, 0.15) is 11.8 Å². The minimum absolute atomic E-state index is 0.0520. The van der Waals surface area contributed by atoms with E-state index in [1.807, 2.05) is 0 Å². The maximum Gasteiger partial charge on any atom is 0.241 e. The zero-order valence-corrected chi connectivity index (χ0v) is 15.7. The van der Waals surface area contributed by atoms with Crippen LogP contribution in [0.5, 0.6) is 0 Å². The molecule has 4 atom stereocenters. The van der Waals surface area contributed by atoms with E-state index in [9.17, 15) is 14.9 Å². The number of rotatable bonds is 4. The maximum absolute atomic E-state index is 13.0. The Bertz CT molecular complexity index is 769. The molecule has 5 heteroatoms. The lowest BCUT2D eigenvalue weighted by atomic mass is 9.79. The van der Waals surface area contributed by atoms with Crippen molar-refractivity contribution in [2.45, 2.75) is 57.0 Å². The number of nitriles is 1. The number of hydrogen-bond donors (Lipinski definition) is 1. The Morgan fingerprint density at radius 3 is 2.81 bits per heavy atom. The number of hydrogen-bond acceptors (Lipinski definition) is 4. The highest BCUT2D eigenvalue weighted by Gasteiger charge is 2.42. The van der Waals surface area contributed by atoms with Crippen LogP contribution in [-0.4, -0.2) is 41.8 Å². The van der Waals surface area contributed by atoms with E-state index < -0.39 is 6.04 Å². The summed E-state index contributed by atoms with van der Waals surface area (Å²) < 4.78 is 0. The Morgan fingerprint density at radius 2 is 2.00 bits per heavy atom. The van der Waals surface area contributed by atoms with Gasteiger partial charge in [0.2, 0.25) is 5.91 Å². The number of fused-ring (bicyclic) bond motifs is 1. The van der Waals surface area contributed by atoms with Crippen LogP contribution in [0, 0.1) is 23.2 Å². The summed E-state index contributed by atoms with van der Waals surface area (Å²) in [6.07, 6.45) is 5.95. The van der Waals surface area contributed by atoms with E-state index in [2.05, 4.69) is 35.7 Å². The van der Waals surface area contributed by atoms with E-state index in [-0.39, 0.29) is 23.7 Å². The van der Waals surface area contributed by atoms with Crippen LogP contribution in [0.4, 0.5) is 0 Å². The van der Waals surface area contributed by atoms with Crippen molar-refractivity contribution >= 4 is 11.7 Å². The Labute approximate surface area is 160 Å². The number of ketones is 1. The van der Waals surface area contributed by atoms with E-state index in [0.29, 0.717) is 25.4 Å². The summed E-state index contributed by atoms with van der Waals surface area (Å²) >= 11 is 0. The van der Waals surface area contributed by atoms with Crippen molar-refractivity contribution in [3.63, 3.8) is 0 Å². The van der Waals surface area contributed by atoms with Gasteiger partial charge in [-0.1, -0.05) is 24.3 Å². The zero-order valence-electron chi connectivity index (χ0n) is 15.7. The number of benzene rings is 1. The number of amides is 1. The number of nitrogens with zero attached hydrogens (tertiary/aromatic N) is 2. The molecule has 0 spiro atoms. The van der Waals surface area contributed by atoms with Gasteiger partial charge in [-0.15, -0.1) is 0 Å². The average molecular weight is 365 g/mol. The molecule has 142 valence electrons. The van der Waals surface area contributed by atoms with Crippen LogP contribution in [0.2, 0.25) is 0 Å². The molecule has 1 aromatic rings. The Morgan fingerprint density at radius 1 is 1.19 bits per heavy atom. The molecule has 2 heterocycles. The predicted molar refractivity (Wildman–Crippen MR) is 102 cm³/mol. The number of carbonyl (C=O) groups excluding carboxylic acids is 2. The molecule has 1 aliphatic carbocycles.